The zero-order valence-corrected chi connectivity index (χ0v) is 15.7. The number of likely N-dealkylation sites (tertiary alicyclic amines) is 2. The predicted molar refractivity (Wildman–Crippen MR) is 96.4 cm³/mol. The summed E-state index contributed by atoms with van der Waals surface area (Å²) in [6, 6.07) is 7.71. The summed E-state index contributed by atoms with van der Waals surface area (Å²) in [5, 5.41) is 0. The van der Waals surface area contributed by atoms with Crippen LogP contribution in [0.5, 0.6) is 5.75 Å². The molecule has 0 bridgehead atoms. The van der Waals surface area contributed by atoms with Crippen LogP contribution < -0.4 is 4.74 Å². The lowest BCUT2D eigenvalue weighted by atomic mass is 9.78. The van der Waals surface area contributed by atoms with Gasteiger partial charge in [-0.15, -0.1) is 0 Å². The molecule has 1 aromatic rings. The number of carbonyl (C=O) groups is 2. The highest BCUT2D eigenvalue weighted by atomic mass is 16.5. The molecule has 2 amide bonds. The third kappa shape index (κ3) is 3.37. The number of ether oxygens (including phenoxy) is 1. The molecule has 3 rings (SSSR count). The second-order valence-electron chi connectivity index (χ2n) is 8.01. The van der Waals surface area contributed by atoms with Crippen molar-refractivity contribution < 1.29 is 14.3 Å². The highest BCUT2D eigenvalue weighted by molar-refractivity contribution is 5.88. The second kappa shape index (κ2) is 6.36. The van der Waals surface area contributed by atoms with Crippen molar-refractivity contribution in [1.82, 2.24) is 9.80 Å². The smallest absolute Gasteiger partial charge is 0.266 e. The molecule has 2 saturated heterocycles. The van der Waals surface area contributed by atoms with E-state index < -0.39 is 5.60 Å². The van der Waals surface area contributed by atoms with E-state index in [4.69, 9.17) is 4.74 Å². The maximum Gasteiger partial charge on any atom is 0.266 e. The first-order chi connectivity index (χ1) is 11.7. The number of nitrogens with zero attached hydrogens (tertiary/aromatic N) is 2. The van der Waals surface area contributed by atoms with E-state index in [0.717, 1.165) is 31.4 Å². The lowest BCUT2D eigenvalue weighted by Gasteiger charge is -2.38. The molecule has 1 atom stereocenters. The van der Waals surface area contributed by atoms with Gasteiger partial charge in [0, 0.05) is 26.7 Å². The van der Waals surface area contributed by atoms with Gasteiger partial charge in [-0.1, -0.05) is 17.7 Å². The highest BCUT2D eigenvalue weighted by Gasteiger charge is 2.50. The molecule has 0 N–H and O–H groups in total. The number of rotatable bonds is 3. The van der Waals surface area contributed by atoms with Crippen LogP contribution in [0.3, 0.4) is 0 Å². The summed E-state index contributed by atoms with van der Waals surface area (Å²) in [6.45, 7) is 7.57. The van der Waals surface area contributed by atoms with Crippen molar-refractivity contribution in [3.63, 3.8) is 0 Å². The molecule has 2 heterocycles. The van der Waals surface area contributed by atoms with Gasteiger partial charge >= 0.3 is 0 Å². The lowest BCUT2D eigenvalue weighted by molar-refractivity contribution is -0.148. The summed E-state index contributed by atoms with van der Waals surface area (Å²) in [5.74, 6) is 0.823. The molecule has 2 fully saturated rings. The molecule has 0 radical (unpaired) electrons. The van der Waals surface area contributed by atoms with Gasteiger partial charge in [-0.3, -0.25) is 9.59 Å². The third-order valence-corrected chi connectivity index (χ3v) is 5.50. The fourth-order valence-corrected chi connectivity index (χ4v) is 4.02. The van der Waals surface area contributed by atoms with Gasteiger partial charge in [0.1, 0.15) is 5.75 Å². The Kier molecular flexibility index (Phi) is 4.52. The monoisotopic (exact) mass is 344 g/mol. The number of aryl methyl sites for hydroxylation is 1. The van der Waals surface area contributed by atoms with E-state index in [-0.39, 0.29) is 17.2 Å². The summed E-state index contributed by atoms with van der Waals surface area (Å²) in [5.41, 5.74) is -0.189. The first-order valence-corrected chi connectivity index (χ1v) is 9.04. The van der Waals surface area contributed by atoms with Gasteiger partial charge in [0.2, 0.25) is 5.91 Å². The van der Waals surface area contributed by atoms with E-state index in [1.165, 1.54) is 0 Å². The summed E-state index contributed by atoms with van der Waals surface area (Å²) < 4.78 is 5.97. The minimum Gasteiger partial charge on any atom is -0.478 e. The van der Waals surface area contributed by atoms with Crippen LogP contribution in [-0.4, -0.2) is 53.9 Å². The van der Waals surface area contributed by atoms with Crippen LogP contribution in [0, 0.1) is 12.3 Å². The summed E-state index contributed by atoms with van der Waals surface area (Å²) >= 11 is 0. The largest absolute Gasteiger partial charge is 0.478 e. The number of amides is 2. The molecule has 1 unspecified atom stereocenters. The van der Waals surface area contributed by atoms with Crippen molar-refractivity contribution in [1.29, 1.82) is 0 Å². The first kappa shape index (κ1) is 17.8. The standard InChI is InChI=1S/C20H28N2O3/c1-15-6-8-16(9-7-15)25-19(2,3)17(23)22-13-11-20(14-22)10-5-12-21(4)18(20)24/h6-9H,5,10-14H2,1-4H3. The van der Waals surface area contributed by atoms with Gasteiger partial charge in [-0.05, 0) is 52.2 Å². The second-order valence-corrected chi connectivity index (χ2v) is 8.01. The highest BCUT2D eigenvalue weighted by Crippen LogP contribution is 2.40. The molecule has 1 aromatic carbocycles. The topological polar surface area (TPSA) is 49.9 Å². The summed E-state index contributed by atoms with van der Waals surface area (Å²) in [4.78, 5) is 29.3. The molecule has 5 heteroatoms. The van der Waals surface area contributed by atoms with Gasteiger partial charge in [0.25, 0.3) is 5.91 Å². The number of hydrogen-bond acceptors (Lipinski definition) is 3. The van der Waals surface area contributed by atoms with E-state index >= 15 is 0 Å². The Morgan fingerprint density at radius 3 is 2.52 bits per heavy atom. The van der Waals surface area contributed by atoms with Crippen molar-refractivity contribution in [3.05, 3.63) is 29.8 Å². The summed E-state index contributed by atoms with van der Waals surface area (Å²) in [7, 11) is 1.86. The van der Waals surface area contributed by atoms with Gasteiger partial charge in [0.05, 0.1) is 5.41 Å². The number of piperidine rings is 1. The van der Waals surface area contributed by atoms with E-state index in [2.05, 4.69) is 0 Å². The zero-order valence-electron chi connectivity index (χ0n) is 15.7. The van der Waals surface area contributed by atoms with Crippen molar-refractivity contribution in [2.45, 2.75) is 45.6 Å². The Hall–Kier alpha value is -2.04. The van der Waals surface area contributed by atoms with Crippen LogP contribution in [0.25, 0.3) is 0 Å². The minimum atomic E-state index is -0.954. The van der Waals surface area contributed by atoms with E-state index in [1.807, 2.05) is 48.0 Å². The minimum absolute atomic E-state index is 0.0500. The third-order valence-electron chi connectivity index (χ3n) is 5.50. The SMILES string of the molecule is Cc1ccc(OC(C)(C)C(=O)N2CCC3(CCCN(C)C3=O)C2)cc1. The van der Waals surface area contributed by atoms with Gasteiger partial charge < -0.3 is 14.5 Å². The van der Waals surface area contributed by atoms with Crippen LogP contribution in [0.2, 0.25) is 0 Å². The molecule has 136 valence electrons. The van der Waals surface area contributed by atoms with Crippen molar-refractivity contribution >= 4 is 11.8 Å². The van der Waals surface area contributed by atoms with Crippen LogP contribution in [0.1, 0.15) is 38.7 Å². The predicted octanol–water partition coefficient (Wildman–Crippen LogP) is 2.62. The van der Waals surface area contributed by atoms with Gasteiger partial charge in [-0.2, -0.15) is 0 Å². The maximum atomic E-state index is 13.0. The normalized spacial score (nSPS) is 24.1. The molecule has 2 aliphatic heterocycles. The number of carbonyl (C=O) groups excluding carboxylic acids is 2. The van der Waals surface area contributed by atoms with Crippen LogP contribution in [0.4, 0.5) is 0 Å². The van der Waals surface area contributed by atoms with E-state index in [9.17, 15) is 9.59 Å². The maximum absolute atomic E-state index is 13.0. The molecular weight excluding hydrogens is 316 g/mol. The lowest BCUT2D eigenvalue weighted by Crippen LogP contribution is -2.51. The zero-order chi connectivity index (χ0) is 18.2. The molecular formula is C20H28N2O3. The Balaban J connectivity index is 1.70. The molecule has 0 aromatic heterocycles. The Bertz CT molecular complexity index is 668. The van der Waals surface area contributed by atoms with E-state index in [0.29, 0.717) is 18.8 Å². The van der Waals surface area contributed by atoms with Crippen molar-refractivity contribution in [2.24, 2.45) is 5.41 Å². The average molecular weight is 344 g/mol. The molecule has 0 saturated carbocycles. The average Bonchev–Trinajstić information content (AvgIpc) is 2.99. The van der Waals surface area contributed by atoms with E-state index in [1.54, 1.807) is 13.8 Å². The summed E-state index contributed by atoms with van der Waals surface area (Å²) in [6.07, 6.45) is 2.63. The molecule has 2 aliphatic rings. The molecule has 1 spiro atoms. The fourth-order valence-electron chi connectivity index (χ4n) is 4.02. The number of hydrogen-bond donors (Lipinski definition) is 0. The Labute approximate surface area is 149 Å². The fraction of sp³-hybridized carbons (Fsp3) is 0.600. The van der Waals surface area contributed by atoms with Crippen LogP contribution >= 0.6 is 0 Å². The van der Waals surface area contributed by atoms with Crippen molar-refractivity contribution in [3.8, 4) is 5.75 Å². The van der Waals surface area contributed by atoms with Crippen molar-refractivity contribution in [2.75, 3.05) is 26.7 Å². The molecule has 5 nitrogen and oxygen atoms in total. The van der Waals surface area contributed by atoms with Gasteiger partial charge in [-0.25, -0.2) is 0 Å². The molecule has 0 aliphatic carbocycles. The Morgan fingerprint density at radius 2 is 1.84 bits per heavy atom. The first-order valence-electron chi connectivity index (χ1n) is 9.04. The quantitative estimate of drug-likeness (QED) is 0.847. The number of benzene rings is 1. The molecule has 25 heavy (non-hydrogen) atoms. The van der Waals surface area contributed by atoms with Crippen LogP contribution in [0.15, 0.2) is 24.3 Å². The Morgan fingerprint density at radius 1 is 1.16 bits per heavy atom. The van der Waals surface area contributed by atoms with Gasteiger partial charge in [0.15, 0.2) is 5.60 Å². The van der Waals surface area contributed by atoms with Crippen LogP contribution in [-0.2, 0) is 9.59 Å².